The molecule has 2 aromatic rings. The number of hydrogen-bond donors (Lipinski definition) is 2. The highest BCUT2D eigenvalue weighted by molar-refractivity contribution is 5.45. The number of methoxy groups -OCH3 is 2. The zero-order valence-electron chi connectivity index (χ0n) is 14.4. The number of hydrogen-bond acceptors (Lipinski definition) is 5. The molecule has 0 aliphatic rings. The van der Waals surface area contributed by atoms with E-state index in [9.17, 15) is 10.2 Å². The highest BCUT2D eigenvalue weighted by Crippen LogP contribution is 2.37. The van der Waals surface area contributed by atoms with Crippen LogP contribution in [0.2, 0.25) is 0 Å². The van der Waals surface area contributed by atoms with Crippen LogP contribution in [0.25, 0.3) is 0 Å². The van der Waals surface area contributed by atoms with Crippen molar-refractivity contribution in [1.29, 1.82) is 0 Å². The van der Waals surface area contributed by atoms with Gasteiger partial charge < -0.3 is 24.4 Å². The summed E-state index contributed by atoms with van der Waals surface area (Å²) in [5.41, 5.74) is 1.87. The lowest BCUT2D eigenvalue weighted by Gasteiger charge is -2.26. The summed E-state index contributed by atoms with van der Waals surface area (Å²) in [6, 6.07) is 10.7. The van der Waals surface area contributed by atoms with Crippen molar-refractivity contribution in [3.8, 4) is 23.0 Å². The molecule has 5 nitrogen and oxygen atoms in total. The first kappa shape index (κ1) is 17.9. The Morgan fingerprint density at radius 1 is 0.958 bits per heavy atom. The van der Waals surface area contributed by atoms with Crippen LogP contribution in [0.3, 0.4) is 0 Å². The summed E-state index contributed by atoms with van der Waals surface area (Å²) < 4.78 is 16.7. The van der Waals surface area contributed by atoms with E-state index in [-0.39, 0.29) is 18.3 Å². The Morgan fingerprint density at radius 3 is 2.29 bits per heavy atom. The first-order chi connectivity index (χ1) is 11.5. The Bertz CT molecular complexity index is 683. The van der Waals surface area contributed by atoms with Crippen molar-refractivity contribution in [2.75, 3.05) is 20.8 Å². The van der Waals surface area contributed by atoms with Crippen molar-refractivity contribution < 1.29 is 24.4 Å². The largest absolute Gasteiger partial charge is 0.504 e. The fourth-order valence-electron chi connectivity index (χ4n) is 2.49. The molecule has 0 spiro atoms. The summed E-state index contributed by atoms with van der Waals surface area (Å²) >= 11 is 0. The third-order valence-electron chi connectivity index (χ3n) is 3.91. The summed E-state index contributed by atoms with van der Waals surface area (Å²) in [5, 5.41) is 19.4. The van der Waals surface area contributed by atoms with Gasteiger partial charge in [0.1, 0.15) is 6.10 Å². The molecule has 0 aliphatic heterocycles. The number of rotatable bonds is 7. The van der Waals surface area contributed by atoms with Gasteiger partial charge in [-0.15, -0.1) is 0 Å². The molecule has 2 N–H and O–H groups in total. The maximum absolute atomic E-state index is 9.78. The van der Waals surface area contributed by atoms with Crippen LogP contribution in [0.5, 0.6) is 23.0 Å². The molecular weight excluding hydrogens is 308 g/mol. The van der Waals surface area contributed by atoms with E-state index in [2.05, 4.69) is 0 Å². The van der Waals surface area contributed by atoms with Crippen LogP contribution in [0.4, 0.5) is 0 Å². The lowest BCUT2D eigenvalue weighted by Crippen LogP contribution is -2.20. The van der Waals surface area contributed by atoms with Crippen LogP contribution in [0.15, 0.2) is 36.4 Å². The van der Waals surface area contributed by atoms with Crippen LogP contribution >= 0.6 is 0 Å². The molecular formula is C19H24O5. The van der Waals surface area contributed by atoms with E-state index in [0.717, 1.165) is 11.1 Å². The third-order valence-corrected chi connectivity index (χ3v) is 3.91. The minimum Gasteiger partial charge on any atom is -0.504 e. The number of aliphatic hydroxyl groups is 1. The van der Waals surface area contributed by atoms with Crippen molar-refractivity contribution in [2.45, 2.75) is 20.0 Å². The first-order valence-corrected chi connectivity index (χ1v) is 7.79. The zero-order chi connectivity index (χ0) is 17.7. The van der Waals surface area contributed by atoms with E-state index < -0.39 is 6.10 Å². The summed E-state index contributed by atoms with van der Waals surface area (Å²) in [6.45, 7) is 3.83. The molecule has 0 heterocycles. The van der Waals surface area contributed by atoms with E-state index in [4.69, 9.17) is 14.2 Å². The van der Waals surface area contributed by atoms with E-state index in [0.29, 0.717) is 17.2 Å². The van der Waals surface area contributed by atoms with Crippen LogP contribution < -0.4 is 14.2 Å². The molecule has 2 atom stereocenters. The average Bonchev–Trinajstić information content (AvgIpc) is 2.60. The Morgan fingerprint density at radius 2 is 1.67 bits per heavy atom. The number of ether oxygens (including phenoxy) is 3. The van der Waals surface area contributed by atoms with Gasteiger partial charge in [-0.1, -0.05) is 19.1 Å². The van der Waals surface area contributed by atoms with Crippen molar-refractivity contribution in [3.63, 3.8) is 0 Å². The fourth-order valence-corrected chi connectivity index (χ4v) is 2.49. The Balaban J connectivity index is 2.40. The molecule has 130 valence electrons. The molecule has 2 aromatic carbocycles. The van der Waals surface area contributed by atoms with Gasteiger partial charge in [0.25, 0.3) is 0 Å². The van der Waals surface area contributed by atoms with Gasteiger partial charge in [-0.05, 0) is 42.3 Å². The molecule has 0 fully saturated rings. The maximum Gasteiger partial charge on any atom is 0.162 e. The Hall–Kier alpha value is -2.40. The quantitative estimate of drug-likeness (QED) is 0.812. The normalized spacial score (nSPS) is 13.2. The number of benzene rings is 2. The second kappa shape index (κ2) is 7.93. The van der Waals surface area contributed by atoms with Gasteiger partial charge in [0.05, 0.1) is 14.2 Å². The van der Waals surface area contributed by atoms with Gasteiger partial charge in [-0.25, -0.2) is 0 Å². The molecule has 0 radical (unpaired) electrons. The predicted molar refractivity (Wildman–Crippen MR) is 92.0 cm³/mol. The van der Waals surface area contributed by atoms with E-state index >= 15 is 0 Å². The molecule has 0 saturated carbocycles. The van der Waals surface area contributed by atoms with E-state index in [1.165, 1.54) is 7.11 Å². The Labute approximate surface area is 142 Å². The first-order valence-electron chi connectivity index (χ1n) is 7.79. The number of phenols is 1. The van der Waals surface area contributed by atoms with Gasteiger partial charge in [0.15, 0.2) is 23.0 Å². The molecule has 0 saturated heterocycles. The van der Waals surface area contributed by atoms with Gasteiger partial charge in [0, 0.05) is 12.5 Å². The summed E-state index contributed by atoms with van der Waals surface area (Å²) in [7, 11) is 3.09. The van der Waals surface area contributed by atoms with Crippen LogP contribution in [-0.2, 0) is 0 Å². The van der Waals surface area contributed by atoms with Crippen LogP contribution in [-0.4, -0.2) is 31.0 Å². The summed E-state index contributed by atoms with van der Waals surface area (Å²) in [6.07, 6.45) is -0.416. The van der Waals surface area contributed by atoms with E-state index in [1.54, 1.807) is 25.3 Å². The van der Waals surface area contributed by atoms with Crippen molar-refractivity contribution in [3.05, 3.63) is 47.5 Å². The lowest BCUT2D eigenvalue weighted by atomic mass is 9.97. The molecule has 0 amide bonds. The minimum absolute atomic E-state index is 0.0396. The summed E-state index contributed by atoms with van der Waals surface area (Å²) in [5.74, 6) is 1.49. The third kappa shape index (κ3) is 3.92. The number of aromatic hydroxyl groups is 1. The number of phenolic OH excluding ortho intramolecular Hbond substituents is 1. The van der Waals surface area contributed by atoms with Gasteiger partial charge >= 0.3 is 0 Å². The average molecular weight is 332 g/mol. The van der Waals surface area contributed by atoms with Crippen molar-refractivity contribution in [1.82, 2.24) is 0 Å². The predicted octanol–water partition coefficient (Wildman–Crippen LogP) is 3.47. The highest BCUT2D eigenvalue weighted by atomic mass is 16.5. The molecule has 0 aromatic heterocycles. The molecule has 2 rings (SSSR count). The van der Waals surface area contributed by atoms with Crippen LogP contribution in [0, 0.1) is 12.8 Å². The van der Waals surface area contributed by atoms with Gasteiger partial charge in [-0.2, -0.15) is 0 Å². The molecule has 5 heteroatoms. The van der Waals surface area contributed by atoms with Crippen molar-refractivity contribution >= 4 is 0 Å². The molecule has 0 bridgehead atoms. The zero-order valence-corrected chi connectivity index (χ0v) is 14.4. The maximum atomic E-state index is 9.78. The minimum atomic E-state index is -0.416. The van der Waals surface area contributed by atoms with Gasteiger partial charge in [-0.3, -0.25) is 0 Å². The standard InChI is InChI=1S/C19H24O5/c1-12-5-8-16(18(9-12)23-4)24-19(13(2)11-20)14-6-7-15(21)17(10-14)22-3/h5-10,13,19-21H,11H2,1-4H3. The molecule has 0 aliphatic carbocycles. The van der Waals surface area contributed by atoms with Crippen LogP contribution in [0.1, 0.15) is 24.2 Å². The SMILES string of the molecule is COc1cc(C(Oc2ccc(C)cc2OC)C(C)CO)ccc1O. The van der Waals surface area contributed by atoms with Crippen molar-refractivity contribution in [2.24, 2.45) is 5.92 Å². The topological polar surface area (TPSA) is 68.2 Å². The van der Waals surface area contributed by atoms with Gasteiger partial charge in [0.2, 0.25) is 0 Å². The smallest absolute Gasteiger partial charge is 0.162 e. The second-order valence-electron chi connectivity index (χ2n) is 5.78. The number of aryl methyl sites for hydroxylation is 1. The number of aliphatic hydroxyl groups excluding tert-OH is 1. The molecule has 2 unspecified atom stereocenters. The highest BCUT2D eigenvalue weighted by Gasteiger charge is 2.23. The monoisotopic (exact) mass is 332 g/mol. The summed E-state index contributed by atoms with van der Waals surface area (Å²) in [4.78, 5) is 0. The van der Waals surface area contributed by atoms with E-state index in [1.807, 2.05) is 32.0 Å². The fraction of sp³-hybridized carbons (Fsp3) is 0.368. The molecule has 24 heavy (non-hydrogen) atoms. The lowest BCUT2D eigenvalue weighted by molar-refractivity contribution is 0.0938. The Kier molecular flexibility index (Phi) is 5.93. The second-order valence-corrected chi connectivity index (χ2v) is 5.78.